The second-order valence-corrected chi connectivity index (χ2v) is 3.98. The second kappa shape index (κ2) is 5.05. The molecule has 0 aliphatic heterocycles. The first-order chi connectivity index (χ1) is 7.43. The van der Waals surface area contributed by atoms with E-state index < -0.39 is 17.6 Å². The van der Waals surface area contributed by atoms with Crippen molar-refractivity contribution in [2.75, 3.05) is 0 Å². The number of halogens is 2. The lowest BCUT2D eigenvalue weighted by molar-refractivity contribution is -0.136. The molecule has 0 unspecified atom stereocenters. The van der Waals surface area contributed by atoms with Gasteiger partial charge in [0.2, 0.25) is 0 Å². The summed E-state index contributed by atoms with van der Waals surface area (Å²) in [5.74, 6) is -2.41. The molecule has 16 heavy (non-hydrogen) atoms. The Morgan fingerprint density at radius 2 is 2.00 bits per heavy atom. The van der Waals surface area contributed by atoms with Crippen LogP contribution in [-0.2, 0) is 11.2 Å². The van der Waals surface area contributed by atoms with Crippen molar-refractivity contribution in [1.29, 1.82) is 0 Å². The fourth-order valence-electron chi connectivity index (χ4n) is 1.52. The first-order valence-electron chi connectivity index (χ1n) is 5.12. The van der Waals surface area contributed by atoms with Crippen LogP contribution in [0, 0.1) is 11.6 Å². The molecule has 0 saturated carbocycles. The van der Waals surface area contributed by atoms with Crippen molar-refractivity contribution < 1.29 is 18.7 Å². The van der Waals surface area contributed by atoms with Crippen molar-refractivity contribution in [3.63, 3.8) is 0 Å². The molecule has 0 spiro atoms. The van der Waals surface area contributed by atoms with Crippen molar-refractivity contribution in [1.82, 2.24) is 0 Å². The van der Waals surface area contributed by atoms with E-state index in [1.54, 1.807) is 13.8 Å². The van der Waals surface area contributed by atoms with Gasteiger partial charge in [0.25, 0.3) is 0 Å². The van der Waals surface area contributed by atoms with Crippen molar-refractivity contribution in [3.05, 3.63) is 34.9 Å². The summed E-state index contributed by atoms with van der Waals surface area (Å²) in [6, 6.07) is 2.59. The Balaban J connectivity index is 3.06. The zero-order valence-corrected chi connectivity index (χ0v) is 9.26. The normalized spacial score (nSPS) is 10.8. The standard InChI is InChI=1S/C12H14F2O2/c1-7(2)8-3-5-10(13)9(12(8)14)4-6-11(15)16/h3,5,7H,4,6H2,1-2H3,(H,15,16). The van der Waals surface area contributed by atoms with Crippen LogP contribution >= 0.6 is 0 Å². The van der Waals surface area contributed by atoms with E-state index in [1.807, 2.05) is 0 Å². The minimum Gasteiger partial charge on any atom is -0.481 e. The maximum Gasteiger partial charge on any atom is 0.303 e. The topological polar surface area (TPSA) is 37.3 Å². The van der Waals surface area contributed by atoms with Crippen LogP contribution in [0.1, 0.15) is 37.3 Å². The predicted molar refractivity (Wildman–Crippen MR) is 56.4 cm³/mol. The number of carboxylic acids is 1. The van der Waals surface area contributed by atoms with Gasteiger partial charge in [-0.2, -0.15) is 0 Å². The fourth-order valence-corrected chi connectivity index (χ4v) is 1.52. The lowest BCUT2D eigenvalue weighted by Gasteiger charge is -2.11. The molecule has 0 aliphatic carbocycles. The third-order valence-corrected chi connectivity index (χ3v) is 2.43. The molecule has 0 bridgehead atoms. The molecule has 4 heteroatoms. The summed E-state index contributed by atoms with van der Waals surface area (Å²) in [4.78, 5) is 10.4. The van der Waals surface area contributed by atoms with E-state index in [4.69, 9.17) is 5.11 Å². The quantitative estimate of drug-likeness (QED) is 0.859. The van der Waals surface area contributed by atoms with Crippen LogP contribution in [0.25, 0.3) is 0 Å². The second-order valence-electron chi connectivity index (χ2n) is 3.98. The van der Waals surface area contributed by atoms with Crippen LogP contribution in [0.5, 0.6) is 0 Å². The highest BCUT2D eigenvalue weighted by molar-refractivity contribution is 5.67. The number of benzene rings is 1. The average Bonchev–Trinajstić information content (AvgIpc) is 2.16. The SMILES string of the molecule is CC(C)c1ccc(F)c(CCC(=O)O)c1F. The molecule has 0 radical (unpaired) electrons. The molecule has 1 N–H and O–H groups in total. The zero-order valence-electron chi connectivity index (χ0n) is 9.26. The van der Waals surface area contributed by atoms with Crippen molar-refractivity contribution in [2.45, 2.75) is 32.6 Å². The maximum absolute atomic E-state index is 13.8. The Labute approximate surface area is 92.9 Å². The molecule has 0 aliphatic rings. The molecule has 0 atom stereocenters. The molecule has 0 amide bonds. The minimum absolute atomic E-state index is 0.0517. The summed E-state index contributed by atoms with van der Waals surface area (Å²) >= 11 is 0. The molecule has 0 saturated heterocycles. The highest BCUT2D eigenvalue weighted by Crippen LogP contribution is 2.24. The van der Waals surface area contributed by atoms with Gasteiger partial charge in [-0.05, 0) is 24.0 Å². The van der Waals surface area contributed by atoms with Gasteiger partial charge in [-0.15, -0.1) is 0 Å². The first-order valence-corrected chi connectivity index (χ1v) is 5.12. The molecular formula is C12H14F2O2. The summed E-state index contributed by atoms with van der Waals surface area (Å²) < 4.78 is 27.1. The van der Waals surface area contributed by atoms with Gasteiger partial charge in [-0.25, -0.2) is 8.78 Å². The summed E-state index contributed by atoms with van der Waals surface area (Å²) in [7, 11) is 0. The van der Waals surface area contributed by atoms with E-state index in [9.17, 15) is 13.6 Å². The minimum atomic E-state index is -1.06. The van der Waals surface area contributed by atoms with E-state index in [1.165, 1.54) is 12.1 Å². The van der Waals surface area contributed by atoms with E-state index in [0.29, 0.717) is 5.56 Å². The van der Waals surface area contributed by atoms with Crippen LogP contribution in [-0.4, -0.2) is 11.1 Å². The molecule has 0 heterocycles. The van der Waals surface area contributed by atoms with Gasteiger partial charge in [0.05, 0.1) is 0 Å². The predicted octanol–water partition coefficient (Wildman–Crippen LogP) is 3.11. The largest absolute Gasteiger partial charge is 0.481 e. The molecule has 1 aromatic rings. The summed E-state index contributed by atoms with van der Waals surface area (Å²) in [5, 5.41) is 8.49. The monoisotopic (exact) mass is 228 g/mol. The van der Waals surface area contributed by atoms with E-state index in [-0.39, 0.29) is 24.3 Å². The van der Waals surface area contributed by atoms with Crippen LogP contribution < -0.4 is 0 Å². The third-order valence-electron chi connectivity index (χ3n) is 2.43. The van der Waals surface area contributed by atoms with Gasteiger partial charge in [-0.1, -0.05) is 19.9 Å². The molecule has 2 nitrogen and oxygen atoms in total. The molecule has 0 aromatic heterocycles. The molecule has 0 fully saturated rings. The smallest absolute Gasteiger partial charge is 0.303 e. The lowest BCUT2D eigenvalue weighted by atomic mass is 9.97. The fraction of sp³-hybridized carbons (Fsp3) is 0.417. The number of aliphatic carboxylic acids is 1. The molecule has 1 rings (SSSR count). The van der Waals surface area contributed by atoms with Crippen molar-refractivity contribution in [3.8, 4) is 0 Å². The molecular weight excluding hydrogens is 214 g/mol. The number of hydrogen-bond donors (Lipinski definition) is 1. The summed E-state index contributed by atoms with van der Waals surface area (Å²) in [6.45, 7) is 3.61. The van der Waals surface area contributed by atoms with Gasteiger partial charge in [0, 0.05) is 12.0 Å². The van der Waals surface area contributed by atoms with Crippen LogP contribution in [0.15, 0.2) is 12.1 Å². The van der Waals surface area contributed by atoms with Crippen LogP contribution in [0.4, 0.5) is 8.78 Å². The highest BCUT2D eigenvalue weighted by atomic mass is 19.1. The van der Waals surface area contributed by atoms with E-state index in [2.05, 4.69) is 0 Å². The van der Waals surface area contributed by atoms with Crippen LogP contribution in [0.3, 0.4) is 0 Å². The van der Waals surface area contributed by atoms with Gasteiger partial charge >= 0.3 is 5.97 Å². The van der Waals surface area contributed by atoms with Gasteiger partial charge in [0.15, 0.2) is 0 Å². The van der Waals surface area contributed by atoms with Crippen molar-refractivity contribution >= 4 is 5.97 Å². The van der Waals surface area contributed by atoms with Gasteiger partial charge < -0.3 is 5.11 Å². The van der Waals surface area contributed by atoms with Gasteiger partial charge in [0.1, 0.15) is 11.6 Å². The number of hydrogen-bond acceptors (Lipinski definition) is 1. The van der Waals surface area contributed by atoms with Crippen LogP contribution in [0.2, 0.25) is 0 Å². The van der Waals surface area contributed by atoms with E-state index >= 15 is 0 Å². The number of carbonyl (C=O) groups is 1. The Morgan fingerprint density at radius 3 is 2.50 bits per heavy atom. The summed E-state index contributed by atoms with van der Waals surface area (Å²) in [6.07, 6.45) is -0.386. The molecule has 1 aromatic carbocycles. The zero-order chi connectivity index (χ0) is 12.3. The summed E-state index contributed by atoms with van der Waals surface area (Å²) in [5.41, 5.74) is 0.287. The van der Waals surface area contributed by atoms with Gasteiger partial charge in [-0.3, -0.25) is 4.79 Å². The maximum atomic E-state index is 13.8. The number of carboxylic acid groups (broad SMARTS) is 1. The Morgan fingerprint density at radius 1 is 1.38 bits per heavy atom. The Bertz CT molecular complexity index is 400. The lowest BCUT2D eigenvalue weighted by Crippen LogP contribution is -2.05. The first kappa shape index (κ1) is 12.6. The third kappa shape index (κ3) is 2.78. The van der Waals surface area contributed by atoms with Crippen molar-refractivity contribution in [2.24, 2.45) is 0 Å². The Kier molecular flexibility index (Phi) is 3.99. The highest BCUT2D eigenvalue weighted by Gasteiger charge is 2.16. The van der Waals surface area contributed by atoms with E-state index in [0.717, 1.165) is 0 Å². The Hall–Kier alpha value is -1.45. The number of rotatable bonds is 4. The average molecular weight is 228 g/mol. The molecule has 88 valence electrons.